The van der Waals surface area contributed by atoms with E-state index in [2.05, 4.69) is 15.1 Å². The fourth-order valence-corrected chi connectivity index (χ4v) is 7.26. The summed E-state index contributed by atoms with van der Waals surface area (Å²) in [6, 6.07) is 7.40. The number of rotatable bonds is 11. The number of nitrogens with one attached hydrogen (secondary N) is 1. The molecule has 6 rings (SSSR count). The monoisotopic (exact) mass is 563 g/mol. The highest BCUT2D eigenvalue weighted by atomic mass is 19.1. The molecular formula is C32H42FN5O3. The van der Waals surface area contributed by atoms with Crippen LogP contribution in [0.2, 0.25) is 0 Å². The van der Waals surface area contributed by atoms with Crippen molar-refractivity contribution < 1.29 is 19.0 Å². The Kier molecular flexibility index (Phi) is 8.42. The third-order valence-electron chi connectivity index (χ3n) is 9.40. The molecule has 1 saturated carbocycles. The van der Waals surface area contributed by atoms with Crippen LogP contribution in [0.3, 0.4) is 0 Å². The number of benzene rings is 1. The number of hydrogen-bond donors (Lipinski definition) is 2. The number of alkyl halides is 1. The maximum atomic E-state index is 15.5. The number of para-hydroxylation sites is 1. The average Bonchev–Trinajstić information content (AvgIpc) is 3.76. The minimum Gasteiger partial charge on any atom is -0.496 e. The number of aryl methyl sites for hydroxylation is 1. The Morgan fingerprint density at radius 1 is 1.22 bits per heavy atom. The predicted molar refractivity (Wildman–Crippen MR) is 157 cm³/mol. The molecular weight excluding hydrogens is 521 g/mol. The predicted octanol–water partition coefficient (Wildman–Crippen LogP) is 6.11. The molecule has 2 aromatic heterocycles. The van der Waals surface area contributed by atoms with Gasteiger partial charge in [-0.05, 0) is 57.9 Å². The second kappa shape index (κ2) is 12.3. The van der Waals surface area contributed by atoms with Gasteiger partial charge in [-0.1, -0.05) is 37.5 Å². The van der Waals surface area contributed by atoms with Crippen LogP contribution in [-0.4, -0.2) is 63.7 Å². The van der Waals surface area contributed by atoms with Crippen LogP contribution in [0.25, 0.3) is 10.9 Å². The quantitative estimate of drug-likeness (QED) is 0.272. The van der Waals surface area contributed by atoms with Gasteiger partial charge >= 0.3 is 5.97 Å². The van der Waals surface area contributed by atoms with Gasteiger partial charge in [-0.2, -0.15) is 5.10 Å². The smallest absolute Gasteiger partial charge is 0.325 e. The summed E-state index contributed by atoms with van der Waals surface area (Å²) >= 11 is 0. The van der Waals surface area contributed by atoms with E-state index in [0.717, 1.165) is 90.8 Å². The van der Waals surface area contributed by atoms with Crippen molar-refractivity contribution in [3.8, 4) is 5.75 Å². The number of fused-ring (bicyclic) bond motifs is 2. The number of carboxylic acids is 1. The van der Waals surface area contributed by atoms with Gasteiger partial charge in [-0.3, -0.25) is 14.4 Å². The first kappa shape index (κ1) is 27.9. The van der Waals surface area contributed by atoms with Gasteiger partial charge in [0.15, 0.2) is 0 Å². The summed E-state index contributed by atoms with van der Waals surface area (Å²) in [6.07, 6.45) is 11.1. The minimum absolute atomic E-state index is 0.151. The summed E-state index contributed by atoms with van der Waals surface area (Å²) in [4.78, 5) is 19.4. The number of pyridine rings is 1. The van der Waals surface area contributed by atoms with Crippen molar-refractivity contribution >= 4 is 22.7 Å². The molecule has 3 aliphatic rings. The number of methoxy groups -OCH3 is 1. The van der Waals surface area contributed by atoms with Crippen molar-refractivity contribution in [3.05, 3.63) is 47.3 Å². The summed E-state index contributed by atoms with van der Waals surface area (Å²) in [5, 5.41) is 19.4. The lowest BCUT2D eigenvalue weighted by molar-refractivity contribution is -0.143. The number of halogens is 1. The zero-order valence-electron chi connectivity index (χ0n) is 24.0. The molecule has 3 aromatic rings. The molecule has 0 radical (unpaired) electrons. The van der Waals surface area contributed by atoms with E-state index in [1.54, 1.807) is 7.11 Å². The third kappa shape index (κ3) is 5.78. The average molecular weight is 564 g/mol. The third-order valence-corrected chi connectivity index (χ3v) is 9.40. The maximum absolute atomic E-state index is 15.5. The largest absolute Gasteiger partial charge is 0.496 e. The Morgan fingerprint density at radius 3 is 2.88 bits per heavy atom. The van der Waals surface area contributed by atoms with Crippen LogP contribution in [0.4, 0.5) is 10.2 Å². The van der Waals surface area contributed by atoms with Crippen LogP contribution >= 0.6 is 0 Å². The van der Waals surface area contributed by atoms with E-state index in [-0.39, 0.29) is 5.92 Å². The van der Waals surface area contributed by atoms with Gasteiger partial charge in [0.25, 0.3) is 0 Å². The number of hydrogen-bond acceptors (Lipinski definition) is 6. The van der Waals surface area contributed by atoms with Gasteiger partial charge in [0.05, 0.1) is 24.9 Å². The van der Waals surface area contributed by atoms with Crippen molar-refractivity contribution in [1.82, 2.24) is 19.7 Å². The summed E-state index contributed by atoms with van der Waals surface area (Å²) in [6.45, 7) is 1.97. The molecule has 220 valence electrons. The van der Waals surface area contributed by atoms with Crippen LogP contribution in [0.5, 0.6) is 5.75 Å². The van der Waals surface area contributed by atoms with E-state index in [0.29, 0.717) is 32.0 Å². The number of aliphatic carboxylic acids is 1. The molecule has 2 aliphatic heterocycles. The van der Waals surface area contributed by atoms with Gasteiger partial charge in [0.1, 0.15) is 23.8 Å². The van der Waals surface area contributed by atoms with Crippen LogP contribution in [0.15, 0.2) is 30.5 Å². The number of aromatic nitrogens is 3. The second-order valence-corrected chi connectivity index (χ2v) is 12.0. The van der Waals surface area contributed by atoms with Gasteiger partial charge < -0.3 is 15.2 Å². The van der Waals surface area contributed by atoms with Crippen molar-refractivity contribution in [2.75, 3.05) is 32.1 Å². The van der Waals surface area contributed by atoms with E-state index in [4.69, 9.17) is 9.72 Å². The van der Waals surface area contributed by atoms with Crippen LogP contribution in [0.1, 0.15) is 86.7 Å². The fourth-order valence-electron chi connectivity index (χ4n) is 7.26. The topological polar surface area (TPSA) is 92.5 Å². The number of carbonyl (C=O) groups is 1. The number of ether oxygens (including phenoxy) is 1. The highest BCUT2D eigenvalue weighted by Crippen LogP contribution is 2.38. The SMILES string of the molecule is COc1cc(CCCC[C@H](F)[C@@H]2CCN([C@H](C(=O)O)c3cccc4cnn(C5CCCC5)c34)C2)nc2c1CCCN2. The van der Waals surface area contributed by atoms with E-state index in [1.165, 1.54) is 12.8 Å². The van der Waals surface area contributed by atoms with Crippen molar-refractivity contribution in [1.29, 1.82) is 0 Å². The summed E-state index contributed by atoms with van der Waals surface area (Å²) in [7, 11) is 1.70. The second-order valence-electron chi connectivity index (χ2n) is 12.0. The summed E-state index contributed by atoms with van der Waals surface area (Å²) < 4.78 is 23.1. The van der Waals surface area contributed by atoms with Crippen molar-refractivity contribution in [3.63, 3.8) is 0 Å². The molecule has 2 N–H and O–H groups in total. The van der Waals surface area contributed by atoms with Gasteiger partial charge in [0, 0.05) is 47.3 Å². The van der Waals surface area contributed by atoms with Crippen molar-refractivity contribution in [2.45, 2.75) is 88.9 Å². The van der Waals surface area contributed by atoms with E-state index >= 15 is 4.39 Å². The first-order valence-corrected chi connectivity index (χ1v) is 15.4. The summed E-state index contributed by atoms with van der Waals surface area (Å²) in [5.74, 6) is 0.786. The molecule has 1 saturated heterocycles. The van der Waals surface area contributed by atoms with Crippen LogP contribution in [-0.2, 0) is 17.6 Å². The lowest BCUT2D eigenvalue weighted by Crippen LogP contribution is -2.34. The molecule has 0 unspecified atom stereocenters. The molecule has 1 aromatic carbocycles. The Bertz CT molecular complexity index is 1350. The number of nitrogens with zero attached hydrogens (tertiary/aromatic N) is 4. The molecule has 1 aliphatic carbocycles. The minimum atomic E-state index is -0.943. The maximum Gasteiger partial charge on any atom is 0.325 e. The molecule has 0 amide bonds. The molecule has 4 heterocycles. The zero-order valence-corrected chi connectivity index (χ0v) is 24.0. The molecule has 2 fully saturated rings. The lowest BCUT2D eigenvalue weighted by atomic mass is 9.97. The van der Waals surface area contributed by atoms with Crippen molar-refractivity contribution in [2.24, 2.45) is 5.92 Å². The van der Waals surface area contributed by atoms with Crippen LogP contribution in [0, 0.1) is 5.92 Å². The number of anilines is 1. The Labute approximate surface area is 241 Å². The number of unbranched alkanes of at least 4 members (excludes halogenated alkanes) is 1. The molecule has 41 heavy (non-hydrogen) atoms. The molecule has 0 spiro atoms. The zero-order chi connectivity index (χ0) is 28.3. The fraction of sp³-hybridized carbons (Fsp3) is 0.594. The Hall–Kier alpha value is -3.20. The van der Waals surface area contributed by atoms with Gasteiger partial charge in [-0.15, -0.1) is 0 Å². The first-order chi connectivity index (χ1) is 20.0. The summed E-state index contributed by atoms with van der Waals surface area (Å²) in [5.41, 5.74) is 3.83. The molecule has 9 heteroatoms. The molecule has 3 atom stereocenters. The molecule has 8 nitrogen and oxygen atoms in total. The number of carboxylic acid groups (broad SMARTS) is 1. The van der Waals surface area contributed by atoms with Gasteiger partial charge in [0.2, 0.25) is 0 Å². The highest BCUT2D eigenvalue weighted by molar-refractivity contribution is 5.88. The van der Waals surface area contributed by atoms with E-state index in [9.17, 15) is 9.90 Å². The lowest BCUT2D eigenvalue weighted by Gasteiger charge is -2.26. The van der Waals surface area contributed by atoms with E-state index < -0.39 is 18.2 Å². The normalized spacial score (nSPS) is 21.1. The highest BCUT2D eigenvalue weighted by Gasteiger charge is 2.38. The van der Waals surface area contributed by atoms with Gasteiger partial charge in [-0.25, -0.2) is 9.37 Å². The molecule has 0 bridgehead atoms. The van der Waals surface area contributed by atoms with E-state index in [1.807, 2.05) is 35.4 Å². The Balaban J connectivity index is 1.07. The Morgan fingerprint density at radius 2 is 2.07 bits per heavy atom. The van der Waals surface area contributed by atoms with Crippen LogP contribution < -0.4 is 10.1 Å². The number of likely N-dealkylation sites (tertiary alicyclic amines) is 1. The first-order valence-electron chi connectivity index (χ1n) is 15.4. The standard InChI is InChI=1S/C32H42FN5O3/c1-41-28-18-23(36-31-25(28)13-7-16-34-31)9-2-5-14-27(33)22-15-17-37(20-22)30(32(39)40)26-12-6-8-21-19-35-38(29(21)26)24-10-3-4-11-24/h6,8,12,18-19,22,24,27,30H,2-5,7,9-11,13-17,20H2,1H3,(H,34,36)(H,39,40)/t22-,27+,30+/m1/s1.